The monoisotopic (exact) mass is 781 g/mol. The smallest absolute Gasteiger partial charge is 0.164 e. The number of aromatic nitrogens is 3. The van der Waals surface area contributed by atoms with Crippen LogP contribution < -0.4 is 0 Å². The highest BCUT2D eigenvalue weighted by atomic mass is 32.1. The molecule has 1 aliphatic rings. The Hall–Kier alpha value is -7.53. The summed E-state index contributed by atoms with van der Waals surface area (Å²) in [5.74, 6) is 1.94. The molecule has 4 heteroatoms. The Kier molecular flexibility index (Phi) is 7.94. The first-order valence-corrected chi connectivity index (χ1v) is 21.2. The van der Waals surface area contributed by atoms with Crippen LogP contribution in [0.3, 0.4) is 0 Å². The SMILES string of the molecule is c1ccc(-c2nc(-c3cccc(-c4cccc5sc6cc(C7(c8ccccc8)c8ccccc8-c8ccccc87)ccc6c45)c3)nc(-c3ccc4ccccc4c3)n2)cc1. The molecule has 2 heterocycles. The maximum Gasteiger partial charge on any atom is 0.164 e. The third-order valence-corrected chi connectivity index (χ3v) is 13.3. The highest BCUT2D eigenvalue weighted by molar-refractivity contribution is 7.26. The highest BCUT2D eigenvalue weighted by Crippen LogP contribution is 2.56. The van der Waals surface area contributed by atoms with E-state index in [4.69, 9.17) is 15.0 Å². The number of hydrogen-bond acceptors (Lipinski definition) is 4. The maximum atomic E-state index is 5.13. The number of benzene rings is 9. The van der Waals surface area contributed by atoms with Crippen LogP contribution >= 0.6 is 11.3 Å². The van der Waals surface area contributed by atoms with Crippen molar-refractivity contribution >= 4 is 42.3 Å². The van der Waals surface area contributed by atoms with Crippen molar-refractivity contribution in [1.29, 1.82) is 0 Å². The Bertz CT molecular complexity index is 3400. The Labute approximate surface area is 352 Å². The summed E-state index contributed by atoms with van der Waals surface area (Å²) < 4.78 is 2.53. The molecule has 0 spiro atoms. The molecule has 0 saturated carbocycles. The fourth-order valence-corrected chi connectivity index (χ4v) is 10.7. The van der Waals surface area contributed by atoms with Gasteiger partial charge < -0.3 is 0 Å². The van der Waals surface area contributed by atoms with E-state index in [-0.39, 0.29) is 0 Å². The molecule has 0 bridgehead atoms. The standard InChI is InChI=1S/C56H35N3S/c1-3-16-37(17-4-1)53-57-54(59-55(58-53)41-30-29-36-15-7-8-18-38(36)33-41)40-20-13-19-39(34-40)44-25-14-28-50-52(44)47-32-31-43(35-51(47)60-50)56(42-21-5-2-6-22-42)48-26-11-9-23-45(48)46-24-10-12-27-49(46)56/h1-35H. The molecule has 280 valence electrons. The molecule has 0 saturated heterocycles. The topological polar surface area (TPSA) is 38.7 Å². The summed E-state index contributed by atoms with van der Waals surface area (Å²) in [5.41, 5.74) is 12.5. The highest BCUT2D eigenvalue weighted by Gasteiger charge is 2.46. The molecular formula is C56H35N3S. The van der Waals surface area contributed by atoms with Crippen LogP contribution in [0.25, 0.3) is 87.4 Å². The molecule has 12 rings (SSSR count). The van der Waals surface area contributed by atoms with Crippen molar-refractivity contribution in [3.05, 3.63) is 235 Å². The Morgan fingerprint density at radius 2 is 0.900 bits per heavy atom. The number of rotatable bonds is 6. The van der Waals surface area contributed by atoms with Crippen LogP contribution in [-0.4, -0.2) is 15.0 Å². The zero-order valence-electron chi connectivity index (χ0n) is 32.5. The first-order chi connectivity index (χ1) is 29.7. The van der Waals surface area contributed by atoms with Gasteiger partial charge in [0.2, 0.25) is 0 Å². The van der Waals surface area contributed by atoms with Crippen molar-refractivity contribution in [2.75, 3.05) is 0 Å². The van der Waals surface area contributed by atoms with Gasteiger partial charge in [-0.05, 0) is 79.5 Å². The molecule has 0 fully saturated rings. The maximum absolute atomic E-state index is 5.13. The van der Waals surface area contributed by atoms with Crippen LogP contribution in [-0.2, 0) is 5.41 Å². The molecule has 2 aromatic heterocycles. The lowest BCUT2D eigenvalue weighted by Gasteiger charge is -2.33. The van der Waals surface area contributed by atoms with E-state index >= 15 is 0 Å². The average molecular weight is 782 g/mol. The number of nitrogens with zero attached hydrogens (tertiary/aromatic N) is 3. The quantitative estimate of drug-likeness (QED) is 0.169. The van der Waals surface area contributed by atoms with Crippen LogP contribution in [0.2, 0.25) is 0 Å². The average Bonchev–Trinajstić information content (AvgIpc) is 3.85. The largest absolute Gasteiger partial charge is 0.208 e. The van der Waals surface area contributed by atoms with Gasteiger partial charge in [-0.2, -0.15) is 0 Å². The van der Waals surface area contributed by atoms with Crippen molar-refractivity contribution < 1.29 is 0 Å². The summed E-state index contributed by atoms with van der Waals surface area (Å²) in [5, 5.41) is 4.85. The summed E-state index contributed by atoms with van der Waals surface area (Å²) in [7, 11) is 0. The van der Waals surface area contributed by atoms with Crippen LogP contribution in [0.15, 0.2) is 212 Å². The molecule has 0 radical (unpaired) electrons. The second-order valence-corrected chi connectivity index (χ2v) is 16.6. The molecule has 0 unspecified atom stereocenters. The van der Waals surface area contributed by atoms with Gasteiger partial charge in [0.15, 0.2) is 17.5 Å². The van der Waals surface area contributed by atoms with Gasteiger partial charge in [0.25, 0.3) is 0 Å². The zero-order valence-corrected chi connectivity index (χ0v) is 33.3. The summed E-state index contributed by atoms with van der Waals surface area (Å²) in [6.07, 6.45) is 0. The molecule has 0 atom stereocenters. The van der Waals surface area contributed by atoms with E-state index in [1.54, 1.807) is 0 Å². The van der Waals surface area contributed by atoms with Gasteiger partial charge in [0.1, 0.15) is 0 Å². The van der Waals surface area contributed by atoms with E-state index in [0.29, 0.717) is 17.5 Å². The Morgan fingerprint density at radius 1 is 0.333 bits per heavy atom. The lowest BCUT2D eigenvalue weighted by Crippen LogP contribution is -2.28. The Morgan fingerprint density at radius 3 is 1.65 bits per heavy atom. The zero-order chi connectivity index (χ0) is 39.6. The van der Waals surface area contributed by atoms with E-state index < -0.39 is 5.41 Å². The van der Waals surface area contributed by atoms with Crippen molar-refractivity contribution in [2.24, 2.45) is 0 Å². The van der Waals surface area contributed by atoms with Crippen molar-refractivity contribution in [1.82, 2.24) is 15.0 Å². The van der Waals surface area contributed by atoms with Gasteiger partial charge >= 0.3 is 0 Å². The third kappa shape index (κ3) is 5.38. The van der Waals surface area contributed by atoms with Gasteiger partial charge in [-0.3, -0.25) is 0 Å². The van der Waals surface area contributed by atoms with E-state index in [1.807, 2.05) is 29.5 Å². The number of fused-ring (bicyclic) bond motifs is 7. The summed E-state index contributed by atoms with van der Waals surface area (Å²) >= 11 is 1.87. The lowest BCUT2D eigenvalue weighted by atomic mass is 9.67. The molecule has 0 N–H and O–H groups in total. The van der Waals surface area contributed by atoms with Crippen molar-refractivity contribution in [2.45, 2.75) is 5.41 Å². The fourth-order valence-electron chi connectivity index (χ4n) is 9.52. The van der Waals surface area contributed by atoms with Crippen LogP contribution in [0, 0.1) is 0 Å². The predicted molar refractivity (Wildman–Crippen MR) is 249 cm³/mol. The molecule has 60 heavy (non-hydrogen) atoms. The van der Waals surface area contributed by atoms with Gasteiger partial charge in [0.05, 0.1) is 5.41 Å². The van der Waals surface area contributed by atoms with E-state index in [2.05, 4.69) is 194 Å². The summed E-state index contributed by atoms with van der Waals surface area (Å²) in [6, 6.07) is 76.5. The molecular weight excluding hydrogens is 747 g/mol. The van der Waals surface area contributed by atoms with Crippen LogP contribution in [0.1, 0.15) is 22.3 Å². The minimum Gasteiger partial charge on any atom is -0.208 e. The first-order valence-electron chi connectivity index (χ1n) is 20.3. The van der Waals surface area contributed by atoms with Crippen LogP contribution in [0.5, 0.6) is 0 Å². The fraction of sp³-hybridized carbons (Fsp3) is 0.0179. The van der Waals surface area contributed by atoms with Crippen molar-refractivity contribution in [3.8, 4) is 56.4 Å². The molecule has 0 aliphatic heterocycles. The third-order valence-electron chi connectivity index (χ3n) is 12.2. The van der Waals surface area contributed by atoms with Gasteiger partial charge in [-0.15, -0.1) is 11.3 Å². The minimum absolute atomic E-state index is 0.440. The number of hydrogen-bond donors (Lipinski definition) is 0. The van der Waals surface area contributed by atoms with E-state index in [0.717, 1.165) is 27.6 Å². The predicted octanol–water partition coefficient (Wildman–Crippen LogP) is 14.4. The van der Waals surface area contributed by atoms with Gasteiger partial charge in [0, 0.05) is 36.9 Å². The van der Waals surface area contributed by atoms with E-state index in [1.165, 1.54) is 64.5 Å². The first kappa shape index (κ1) is 34.5. The molecule has 11 aromatic rings. The normalized spacial score (nSPS) is 12.8. The second kappa shape index (κ2) is 13.8. The van der Waals surface area contributed by atoms with Crippen LogP contribution in [0.4, 0.5) is 0 Å². The van der Waals surface area contributed by atoms with E-state index in [9.17, 15) is 0 Å². The second-order valence-electron chi connectivity index (χ2n) is 15.5. The number of thiophene rings is 1. The van der Waals surface area contributed by atoms with Gasteiger partial charge in [-0.25, -0.2) is 15.0 Å². The molecule has 1 aliphatic carbocycles. The van der Waals surface area contributed by atoms with Crippen molar-refractivity contribution in [3.63, 3.8) is 0 Å². The molecule has 0 amide bonds. The molecule has 3 nitrogen and oxygen atoms in total. The molecule has 9 aromatic carbocycles. The Balaban J connectivity index is 1.01. The summed E-state index contributed by atoms with van der Waals surface area (Å²) in [6.45, 7) is 0. The van der Waals surface area contributed by atoms with Gasteiger partial charge in [-0.1, -0.05) is 188 Å². The lowest BCUT2D eigenvalue weighted by molar-refractivity contribution is 0.770. The summed E-state index contributed by atoms with van der Waals surface area (Å²) in [4.78, 5) is 15.2. The minimum atomic E-state index is -0.440.